The van der Waals surface area contributed by atoms with Gasteiger partial charge in [-0.2, -0.15) is 0 Å². The average Bonchev–Trinajstić information content (AvgIpc) is 3.25. The van der Waals surface area contributed by atoms with Crippen molar-refractivity contribution in [2.75, 3.05) is 24.6 Å². The monoisotopic (exact) mass is 549 g/mol. The minimum Gasteiger partial charge on any atom is -0.394 e. The van der Waals surface area contributed by atoms with Crippen molar-refractivity contribution in [1.82, 2.24) is 9.80 Å². The van der Waals surface area contributed by atoms with E-state index >= 15 is 0 Å². The van der Waals surface area contributed by atoms with Gasteiger partial charge in [-0.05, 0) is 30.9 Å². The fourth-order valence-corrected chi connectivity index (χ4v) is 9.63. The van der Waals surface area contributed by atoms with Crippen LogP contribution in [0.2, 0.25) is 0 Å². The number of aliphatic hydroxyl groups is 1. The van der Waals surface area contributed by atoms with Crippen LogP contribution in [0.1, 0.15) is 46.0 Å². The summed E-state index contributed by atoms with van der Waals surface area (Å²) < 4.78 is -0.852. The van der Waals surface area contributed by atoms with E-state index in [1.807, 2.05) is 55.2 Å². The topological polar surface area (TPSA) is 81.2 Å². The number of benzene rings is 1. The number of thioether (sulfide) groups is 1. The van der Waals surface area contributed by atoms with Gasteiger partial charge in [0.1, 0.15) is 6.04 Å². The summed E-state index contributed by atoms with van der Waals surface area (Å²) >= 11 is 1.61. The van der Waals surface area contributed by atoms with E-state index in [-0.39, 0.29) is 41.5 Å². The van der Waals surface area contributed by atoms with Crippen molar-refractivity contribution in [3.63, 3.8) is 0 Å². The summed E-state index contributed by atoms with van der Waals surface area (Å²) in [4.78, 5) is 48.9. The Morgan fingerprint density at radius 2 is 1.72 bits per heavy atom. The molecule has 5 aliphatic rings. The molecule has 4 heterocycles. The van der Waals surface area contributed by atoms with Crippen LogP contribution < -0.4 is 4.90 Å². The first-order valence-corrected chi connectivity index (χ1v) is 15.4. The largest absolute Gasteiger partial charge is 0.394 e. The Morgan fingerprint density at radius 1 is 0.974 bits per heavy atom. The van der Waals surface area contributed by atoms with E-state index in [2.05, 4.69) is 18.2 Å². The lowest BCUT2D eigenvalue weighted by Crippen LogP contribution is -2.59. The van der Waals surface area contributed by atoms with Crippen LogP contribution in [0.25, 0.3) is 0 Å². The molecule has 39 heavy (non-hydrogen) atoms. The number of nitrogens with zero attached hydrogens (tertiary/aromatic N) is 3. The Morgan fingerprint density at radius 3 is 2.41 bits per heavy atom. The number of aliphatic hydroxyl groups excluding tert-OH is 1. The molecule has 208 valence electrons. The van der Waals surface area contributed by atoms with Crippen molar-refractivity contribution in [3.05, 3.63) is 54.6 Å². The van der Waals surface area contributed by atoms with E-state index in [0.29, 0.717) is 13.1 Å². The second kappa shape index (κ2) is 10.4. The van der Waals surface area contributed by atoms with Crippen LogP contribution in [-0.2, 0) is 14.4 Å². The Balaban J connectivity index is 1.45. The van der Waals surface area contributed by atoms with E-state index < -0.39 is 28.7 Å². The maximum absolute atomic E-state index is 14.6. The molecule has 1 aromatic carbocycles. The molecule has 1 N–H and O–H groups in total. The molecule has 1 aromatic rings. The molecule has 6 atom stereocenters. The number of fused-ring (bicyclic) bond motifs is 2. The SMILES string of the molecule is CC(C)[C@H](CO)N1C(=O)[C@@H]2[C@H]3C(=O)N(c4ccccc4)CC=C[C@H]3S[C@@]23C=CCN(C2CCCCC2)C(=O)C13. The number of amides is 3. The van der Waals surface area contributed by atoms with Crippen molar-refractivity contribution in [2.45, 2.75) is 74.1 Å². The van der Waals surface area contributed by atoms with Gasteiger partial charge < -0.3 is 19.8 Å². The third-order valence-corrected chi connectivity index (χ3v) is 11.3. The second-order valence-corrected chi connectivity index (χ2v) is 13.5. The molecule has 1 aliphatic carbocycles. The average molecular weight is 550 g/mol. The first-order valence-electron chi connectivity index (χ1n) is 14.5. The number of hydrogen-bond donors (Lipinski definition) is 1. The Labute approximate surface area is 235 Å². The first-order chi connectivity index (χ1) is 18.9. The molecule has 1 saturated carbocycles. The Bertz CT molecular complexity index is 1180. The van der Waals surface area contributed by atoms with Gasteiger partial charge in [0.2, 0.25) is 17.7 Å². The summed E-state index contributed by atoms with van der Waals surface area (Å²) in [5.74, 6) is -1.56. The van der Waals surface area contributed by atoms with Crippen LogP contribution in [0.15, 0.2) is 54.6 Å². The predicted octanol–water partition coefficient (Wildman–Crippen LogP) is 3.63. The molecule has 7 nitrogen and oxygen atoms in total. The van der Waals surface area contributed by atoms with Crippen LogP contribution >= 0.6 is 11.8 Å². The van der Waals surface area contributed by atoms with Crippen molar-refractivity contribution in [3.8, 4) is 0 Å². The molecular formula is C31H39N3O4S. The summed E-state index contributed by atoms with van der Waals surface area (Å²) in [6.45, 7) is 4.73. The van der Waals surface area contributed by atoms with Crippen LogP contribution in [0.4, 0.5) is 5.69 Å². The van der Waals surface area contributed by atoms with Crippen LogP contribution in [0.3, 0.4) is 0 Å². The molecule has 3 fully saturated rings. The Hall–Kier alpha value is -2.58. The highest BCUT2D eigenvalue weighted by Crippen LogP contribution is 2.61. The molecule has 0 aromatic heterocycles. The van der Waals surface area contributed by atoms with Gasteiger partial charge in [0.25, 0.3) is 0 Å². The van der Waals surface area contributed by atoms with Crippen molar-refractivity contribution >= 4 is 35.2 Å². The molecule has 4 aliphatic heterocycles. The zero-order chi connectivity index (χ0) is 27.3. The second-order valence-electron chi connectivity index (χ2n) is 12.0. The molecule has 6 rings (SSSR count). The summed E-state index contributed by atoms with van der Waals surface area (Å²) in [5.41, 5.74) is 0.809. The smallest absolute Gasteiger partial charge is 0.247 e. The van der Waals surface area contributed by atoms with E-state index in [1.165, 1.54) is 6.42 Å². The number of carbonyl (C=O) groups excluding carboxylic acids is 3. The number of carbonyl (C=O) groups is 3. The van der Waals surface area contributed by atoms with Crippen molar-refractivity contribution < 1.29 is 19.5 Å². The van der Waals surface area contributed by atoms with Gasteiger partial charge in [0, 0.05) is 30.1 Å². The van der Waals surface area contributed by atoms with Gasteiger partial charge in [-0.25, -0.2) is 0 Å². The summed E-state index contributed by atoms with van der Waals surface area (Å²) in [6.07, 6.45) is 13.6. The van der Waals surface area contributed by atoms with Gasteiger partial charge in [-0.15, -0.1) is 11.8 Å². The fraction of sp³-hybridized carbons (Fsp3) is 0.581. The number of rotatable bonds is 5. The molecule has 1 unspecified atom stereocenters. The minimum atomic E-state index is -0.852. The number of likely N-dealkylation sites (tertiary alicyclic amines) is 1. The van der Waals surface area contributed by atoms with Crippen LogP contribution in [0.5, 0.6) is 0 Å². The lowest BCUT2D eigenvalue weighted by atomic mass is 9.78. The number of para-hydroxylation sites is 1. The van der Waals surface area contributed by atoms with Gasteiger partial charge >= 0.3 is 0 Å². The van der Waals surface area contributed by atoms with E-state index in [1.54, 1.807) is 21.6 Å². The molecule has 0 radical (unpaired) electrons. The zero-order valence-corrected chi connectivity index (χ0v) is 23.6. The van der Waals surface area contributed by atoms with Crippen molar-refractivity contribution in [1.29, 1.82) is 0 Å². The third-order valence-electron chi connectivity index (χ3n) is 9.53. The van der Waals surface area contributed by atoms with E-state index in [0.717, 1.165) is 31.4 Å². The summed E-state index contributed by atoms with van der Waals surface area (Å²) in [6, 6.07) is 8.54. The van der Waals surface area contributed by atoms with Crippen molar-refractivity contribution in [2.24, 2.45) is 17.8 Å². The molecular weight excluding hydrogens is 510 g/mol. The summed E-state index contributed by atoms with van der Waals surface area (Å²) in [5, 5.41) is 10.3. The normalized spacial score (nSPS) is 33.7. The van der Waals surface area contributed by atoms with Gasteiger partial charge in [-0.3, -0.25) is 14.4 Å². The maximum Gasteiger partial charge on any atom is 0.247 e. The van der Waals surface area contributed by atoms with Crippen LogP contribution in [-0.4, -0.2) is 80.4 Å². The van der Waals surface area contributed by atoms with Gasteiger partial charge in [0.15, 0.2) is 0 Å². The predicted molar refractivity (Wildman–Crippen MR) is 153 cm³/mol. The lowest BCUT2D eigenvalue weighted by Gasteiger charge is -2.42. The number of hydrogen-bond acceptors (Lipinski definition) is 5. The minimum absolute atomic E-state index is 0.0258. The fourth-order valence-electron chi connectivity index (χ4n) is 7.63. The highest BCUT2D eigenvalue weighted by molar-refractivity contribution is 8.02. The molecule has 8 heteroatoms. The van der Waals surface area contributed by atoms with Gasteiger partial charge in [-0.1, -0.05) is 75.6 Å². The van der Waals surface area contributed by atoms with E-state index in [9.17, 15) is 19.5 Å². The lowest BCUT2D eigenvalue weighted by molar-refractivity contribution is -0.148. The molecule has 1 spiro atoms. The first kappa shape index (κ1) is 26.6. The quantitative estimate of drug-likeness (QED) is 0.568. The highest BCUT2D eigenvalue weighted by atomic mass is 32.2. The molecule has 2 saturated heterocycles. The zero-order valence-electron chi connectivity index (χ0n) is 22.8. The maximum atomic E-state index is 14.6. The highest BCUT2D eigenvalue weighted by Gasteiger charge is 2.72. The van der Waals surface area contributed by atoms with E-state index in [4.69, 9.17) is 0 Å². The van der Waals surface area contributed by atoms with Gasteiger partial charge in [0.05, 0.1) is 29.2 Å². The third kappa shape index (κ3) is 4.17. The summed E-state index contributed by atoms with van der Waals surface area (Å²) in [7, 11) is 0. The standard InChI is InChI=1S/C31H39N3O4S/c1-20(2)23(19-35)34-27-30(38)33(22-13-7-4-8-14-22)18-10-16-31(27)26(29(34)37)25-24(39-31)15-9-17-32(28(25)36)21-11-5-3-6-12-21/h3,5-6,9-12,15-16,20,22-27,35H,4,7-8,13-14,17-19H2,1-2H3/t23-,24+,25-,26-,27?,31-/m0/s1. The molecule has 3 amide bonds. The molecule has 0 bridgehead atoms. The van der Waals surface area contributed by atoms with Crippen LogP contribution in [0, 0.1) is 17.8 Å². The number of anilines is 1. The Kier molecular flexibility index (Phi) is 7.12.